The zero-order valence-electron chi connectivity index (χ0n) is 7.66. The molecule has 1 aromatic rings. The molecule has 0 radical (unpaired) electrons. The van der Waals surface area contributed by atoms with Crippen molar-refractivity contribution in [3.05, 3.63) is 24.5 Å². The average Bonchev–Trinajstić information content (AvgIpc) is 2.13. The topological polar surface area (TPSA) is 66.0 Å². The molecular formula is C9H12N4O. The maximum absolute atomic E-state index is 11.3. The molecule has 0 saturated carbocycles. The van der Waals surface area contributed by atoms with Crippen molar-refractivity contribution in [1.82, 2.24) is 15.6 Å². The lowest BCUT2D eigenvalue weighted by Crippen LogP contribution is -2.57. The number of carbonyl (C=O) groups excluding carboxylic acids is 1. The molecular weight excluding hydrogens is 180 g/mol. The van der Waals surface area contributed by atoms with E-state index >= 15 is 0 Å². The van der Waals surface area contributed by atoms with Gasteiger partial charge in [-0.2, -0.15) is 0 Å². The molecule has 0 aromatic carbocycles. The molecule has 3 N–H and O–H groups in total. The minimum atomic E-state index is -0.164. The number of anilines is 1. The number of pyridine rings is 1. The Balaban J connectivity index is 1.82. The highest BCUT2D eigenvalue weighted by atomic mass is 16.2. The number of carbonyl (C=O) groups is 1. The number of hydrogen-bond donors (Lipinski definition) is 3. The Labute approximate surface area is 81.9 Å². The molecule has 5 nitrogen and oxygen atoms in total. The zero-order valence-corrected chi connectivity index (χ0v) is 7.66. The molecule has 1 aliphatic rings. The lowest BCUT2D eigenvalue weighted by atomic mass is 10.2. The third kappa shape index (κ3) is 2.20. The molecule has 2 rings (SSSR count). The van der Waals surface area contributed by atoms with E-state index in [1.54, 1.807) is 24.5 Å². The van der Waals surface area contributed by atoms with E-state index in [0.717, 1.165) is 18.8 Å². The highest BCUT2D eigenvalue weighted by Crippen LogP contribution is 2.02. The Morgan fingerprint density at radius 1 is 1.43 bits per heavy atom. The molecule has 1 aromatic heterocycles. The van der Waals surface area contributed by atoms with Crippen molar-refractivity contribution in [2.45, 2.75) is 6.04 Å². The number of rotatable bonds is 2. The monoisotopic (exact) mass is 192 g/mol. The lowest BCUT2D eigenvalue weighted by Gasteiger charge is -2.27. The van der Waals surface area contributed by atoms with Gasteiger partial charge in [0.25, 0.3) is 0 Å². The Bertz CT molecular complexity index is 310. The number of nitrogens with zero attached hydrogens (tertiary/aromatic N) is 1. The molecule has 5 heteroatoms. The van der Waals surface area contributed by atoms with Crippen molar-refractivity contribution in [2.75, 3.05) is 18.4 Å². The van der Waals surface area contributed by atoms with Gasteiger partial charge >= 0.3 is 6.03 Å². The first-order chi connectivity index (χ1) is 6.84. The normalized spacial score (nSPS) is 15.7. The summed E-state index contributed by atoms with van der Waals surface area (Å²) in [5, 5.41) is 8.63. The summed E-state index contributed by atoms with van der Waals surface area (Å²) in [4.78, 5) is 15.2. The van der Waals surface area contributed by atoms with Crippen molar-refractivity contribution >= 4 is 11.7 Å². The van der Waals surface area contributed by atoms with Crippen molar-refractivity contribution in [3.63, 3.8) is 0 Å². The Morgan fingerprint density at radius 2 is 2.14 bits per heavy atom. The van der Waals surface area contributed by atoms with E-state index in [2.05, 4.69) is 20.9 Å². The van der Waals surface area contributed by atoms with Crippen LogP contribution in [0.1, 0.15) is 0 Å². The molecule has 2 heterocycles. The maximum atomic E-state index is 11.3. The first-order valence-electron chi connectivity index (χ1n) is 4.53. The minimum absolute atomic E-state index is 0.164. The van der Waals surface area contributed by atoms with Gasteiger partial charge in [0.05, 0.1) is 6.04 Å². The van der Waals surface area contributed by atoms with E-state index in [0.29, 0.717) is 0 Å². The van der Waals surface area contributed by atoms with Crippen LogP contribution >= 0.6 is 0 Å². The van der Waals surface area contributed by atoms with Gasteiger partial charge in [-0.3, -0.25) is 4.98 Å². The number of hydrogen-bond acceptors (Lipinski definition) is 3. The van der Waals surface area contributed by atoms with Gasteiger partial charge in [0.2, 0.25) is 0 Å². The Kier molecular flexibility index (Phi) is 2.60. The third-order valence-corrected chi connectivity index (χ3v) is 2.05. The van der Waals surface area contributed by atoms with Gasteiger partial charge in [0.15, 0.2) is 0 Å². The average molecular weight is 192 g/mol. The molecule has 0 atom stereocenters. The van der Waals surface area contributed by atoms with Gasteiger partial charge in [-0.05, 0) is 12.1 Å². The van der Waals surface area contributed by atoms with Crippen LogP contribution in [0.15, 0.2) is 24.5 Å². The third-order valence-electron chi connectivity index (χ3n) is 2.05. The van der Waals surface area contributed by atoms with Crippen LogP contribution < -0.4 is 16.0 Å². The summed E-state index contributed by atoms with van der Waals surface area (Å²) in [6, 6.07) is 3.59. The van der Waals surface area contributed by atoms with E-state index in [9.17, 15) is 4.79 Å². The zero-order chi connectivity index (χ0) is 9.80. The summed E-state index contributed by atoms with van der Waals surface area (Å²) < 4.78 is 0. The maximum Gasteiger partial charge on any atom is 0.319 e. The van der Waals surface area contributed by atoms with E-state index < -0.39 is 0 Å². The summed E-state index contributed by atoms with van der Waals surface area (Å²) in [5.41, 5.74) is 0.754. The molecule has 74 valence electrons. The summed E-state index contributed by atoms with van der Waals surface area (Å²) in [6.45, 7) is 1.70. The molecule has 0 aliphatic carbocycles. The van der Waals surface area contributed by atoms with E-state index in [1.165, 1.54) is 0 Å². The summed E-state index contributed by atoms with van der Waals surface area (Å²) in [7, 11) is 0. The minimum Gasteiger partial charge on any atom is -0.333 e. The van der Waals surface area contributed by atoms with Gasteiger partial charge in [0, 0.05) is 31.2 Å². The fraction of sp³-hybridized carbons (Fsp3) is 0.333. The quantitative estimate of drug-likeness (QED) is 0.626. The summed E-state index contributed by atoms with van der Waals surface area (Å²) in [6.07, 6.45) is 3.28. The van der Waals surface area contributed by atoms with Crippen LogP contribution in [0, 0.1) is 0 Å². The van der Waals surface area contributed by atoms with Gasteiger partial charge in [0.1, 0.15) is 0 Å². The van der Waals surface area contributed by atoms with Crippen LogP contribution in [0.3, 0.4) is 0 Å². The van der Waals surface area contributed by atoms with E-state index in [1.807, 2.05) is 0 Å². The fourth-order valence-electron chi connectivity index (χ4n) is 1.18. The van der Waals surface area contributed by atoms with E-state index in [-0.39, 0.29) is 12.1 Å². The van der Waals surface area contributed by atoms with Gasteiger partial charge in [-0.25, -0.2) is 4.79 Å². The molecule has 1 aliphatic heterocycles. The predicted molar refractivity (Wildman–Crippen MR) is 53.0 cm³/mol. The highest BCUT2D eigenvalue weighted by molar-refractivity contribution is 5.89. The predicted octanol–water partition coefficient (Wildman–Crippen LogP) is 0.175. The lowest BCUT2D eigenvalue weighted by molar-refractivity contribution is 0.243. The van der Waals surface area contributed by atoms with Crippen LogP contribution in [-0.4, -0.2) is 30.1 Å². The Morgan fingerprint density at radius 3 is 2.71 bits per heavy atom. The van der Waals surface area contributed by atoms with Crippen molar-refractivity contribution in [1.29, 1.82) is 0 Å². The second-order valence-corrected chi connectivity index (χ2v) is 3.19. The number of amides is 2. The molecule has 1 saturated heterocycles. The van der Waals surface area contributed by atoms with Crippen LogP contribution in [0.4, 0.5) is 10.5 Å². The number of nitrogens with one attached hydrogen (secondary N) is 3. The summed E-state index contributed by atoms with van der Waals surface area (Å²) >= 11 is 0. The molecule has 1 fully saturated rings. The van der Waals surface area contributed by atoms with Crippen molar-refractivity contribution in [3.8, 4) is 0 Å². The summed E-state index contributed by atoms with van der Waals surface area (Å²) in [5.74, 6) is 0. The van der Waals surface area contributed by atoms with Gasteiger partial charge in [-0.15, -0.1) is 0 Å². The molecule has 14 heavy (non-hydrogen) atoms. The second-order valence-electron chi connectivity index (χ2n) is 3.19. The van der Waals surface area contributed by atoms with Crippen LogP contribution in [-0.2, 0) is 0 Å². The molecule has 2 amide bonds. The highest BCUT2D eigenvalue weighted by Gasteiger charge is 2.18. The Hall–Kier alpha value is -1.62. The standard InChI is InChI=1S/C9H12N4O/c14-9(13-8-5-11-6-8)12-7-1-3-10-4-2-7/h1-4,8,11H,5-6H2,(H2,10,12,13,14). The van der Waals surface area contributed by atoms with Crippen molar-refractivity contribution < 1.29 is 4.79 Å². The van der Waals surface area contributed by atoms with Crippen LogP contribution in [0.25, 0.3) is 0 Å². The number of urea groups is 1. The SMILES string of the molecule is O=C(Nc1ccncc1)NC1CNC1. The second kappa shape index (κ2) is 4.06. The van der Waals surface area contributed by atoms with E-state index in [4.69, 9.17) is 0 Å². The van der Waals surface area contributed by atoms with Crippen LogP contribution in [0.2, 0.25) is 0 Å². The van der Waals surface area contributed by atoms with Crippen molar-refractivity contribution in [2.24, 2.45) is 0 Å². The van der Waals surface area contributed by atoms with Gasteiger partial charge in [-0.1, -0.05) is 0 Å². The fourth-order valence-corrected chi connectivity index (χ4v) is 1.18. The number of aromatic nitrogens is 1. The van der Waals surface area contributed by atoms with Gasteiger partial charge < -0.3 is 16.0 Å². The molecule has 0 unspecified atom stereocenters. The smallest absolute Gasteiger partial charge is 0.319 e. The largest absolute Gasteiger partial charge is 0.333 e. The molecule has 0 bridgehead atoms. The van der Waals surface area contributed by atoms with Crippen LogP contribution in [0.5, 0.6) is 0 Å². The first-order valence-corrected chi connectivity index (χ1v) is 4.53. The molecule has 0 spiro atoms. The first kappa shape index (κ1) is 8.96.